The molecule has 2 heterocycles. The van der Waals surface area contributed by atoms with E-state index in [4.69, 9.17) is 5.73 Å². The molecule has 1 atom stereocenters. The summed E-state index contributed by atoms with van der Waals surface area (Å²) in [6, 6.07) is 1.49. The second-order valence-electron chi connectivity index (χ2n) is 6.01. The maximum absolute atomic E-state index is 14.4. The molecule has 3 N–H and O–H groups in total. The Balaban J connectivity index is 2.42. The molecule has 0 amide bonds. The van der Waals surface area contributed by atoms with Crippen molar-refractivity contribution in [3.05, 3.63) is 46.1 Å². The van der Waals surface area contributed by atoms with Gasteiger partial charge in [-0.15, -0.1) is 0 Å². The van der Waals surface area contributed by atoms with Crippen LogP contribution in [0.5, 0.6) is 0 Å². The topological polar surface area (TPSA) is 88.6 Å². The summed E-state index contributed by atoms with van der Waals surface area (Å²) >= 11 is 0. The van der Waals surface area contributed by atoms with E-state index < -0.39 is 28.6 Å². The largest absolute Gasteiger partial charge is 0.477 e. The van der Waals surface area contributed by atoms with Gasteiger partial charge < -0.3 is 15.7 Å². The van der Waals surface area contributed by atoms with E-state index in [0.717, 1.165) is 12.5 Å². The highest BCUT2D eigenvalue weighted by atomic mass is 19.1. The molecule has 8 heteroatoms. The number of nitrogens with zero attached hydrogens (tertiary/aromatic N) is 2. The van der Waals surface area contributed by atoms with Gasteiger partial charge in [0, 0.05) is 25.4 Å². The normalized spacial score (nSPS) is 17.2. The minimum atomic E-state index is -1.46. The number of carboxylic acid groups (broad SMARTS) is 1. The van der Waals surface area contributed by atoms with Crippen LogP contribution < -0.4 is 16.1 Å². The van der Waals surface area contributed by atoms with Gasteiger partial charge in [0.05, 0.1) is 10.9 Å². The fourth-order valence-corrected chi connectivity index (χ4v) is 3.34. The van der Waals surface area contributed by atoms with E-state index in [1.54, 1.807) is 4.90 Å². The van der Waals surface area contributed by atoms with E-state index in [2.05, 4.69) is 6.58 Å². The fourth-order valence-electron chi connectivity index (χ4n) is 3.34. The highest BCUT2D eigenvalue weighted by Gasteiger charge is 2.31. The van der Waals surface area contributed by atoms with Gasteiger partial charge in [-0.3, -0.25) is 9.36 Å². The van der Waals surface area contributed by atoms with Gasteiger partial charge in [0.1, 0.15) is 17.2 Å². The third kappa shape index (κ3) is 2.68. The monoisotopic (exact) mass is 349 g/mol. The molecule has 0 bridgehead atoms. The summed E-state index contributed by atoms with van der Waals surface area (Å²) in [5, 5.41) is 9.22. The number of halogens is 2. The predicted octanol–water partition coefficient (Wildman–Crippen LogP) is 1.86. The standard InChI is InChI=1S/C17H17F2N3O3/c1-2-22-14-11(5-10(18)6-12(14)19)15(23)13(17(24)25)16(22)21-4-3-9(7-20)8-21/h2,5-6,9H,1,3-4,7-8,20H2,(H,24,25). The summed E-state index contributed by atoms with van der Waals surface area (Å²) in [5.74, 6) is -3.19. The van der Waals surface area contributed by atoms with Crippen molar-refractivity contribution in [1.29, 1.82) is 0 Å². The van der Waals surface area contributed by atoms with Crippen molar-refractivity contribution in [2.75, 3.05) is 24.5 Å². The minimum absolute atomic E-state index is 0.0430. The Hall–Kier alpha value is -2.74. The Bertz CT molecular complexity index is 939. The first-order chi connectivity index (χ1) is 11.9. The number of benzene rings is 1. The first kappa shape index (κ1) is 17.1. The van der Waals surface area contributed by atoms with Crippen LogP contribution in [-0.2, 0) is 0 Å². The van der Waals surface area contributed by atoms with Crippen LogP contribution in [0, 0.1) is 17.6 Å². The number of fused-ring (bicyclic) bond motifs is 1. The molecule has 1 aliphatic rings. The number of carboxylic acids is 1. The van der Waals surface area contributed by atoms with Crippen molar-refractivity contribution in [2.45, 2.75) is 6.42 Å². The molecule has 2 aromatic rings. The molecule has 0 saturated carbocycles. The summed E-state index contributed by atoms with van der Waals surface area (Å²) in [5.41, 5.74) is 4.02. The van der Waals surface area contributed by atoms with Gasteiger partial charge in [-0.1, -0.05) is 6.58 Å². The molecule has 1 fully saturated rings. The molecular formula is C17H17F2N3O3. The van der Waals surface area contributed by atoms with E-state index in [-0.39, 0.29) is 22.6 Å². The molecule has 132 valence electrons. The lowest BCUT2D eigenvalue weighted by atomic mass is 10.1. The van der Waals surface area contributed by atoms with Crippen LogP contribution in [0.15, 0.2) is 23.5 Å². The van der Waals surface area contributed by atoms with Crippen LogP contribution >= 0.6 is 0 Å². The number of hydrogen-bond donors (Lipinski definition) is 2. The van der Waals surface area contributed by atoms with Crippen molar-refractivity contribution in [3.8, 4) is 0 Å². The molecule has 1 aliphatic heterocycles. The average molecular weight is 349 g/mol. The van der Waals surface area contributed by atoms with Gasteiger partial charge >= 0.3 is 5.97 Å². The molecule has 1 unspecified atom stereocenters. The SMILES string of the molecule is C=Cn1c(N2CCC(CN)C2)c(C(=O)O)c(=O)c2cc(F)cc(F)c21. The Kier molecular flexibility index (Phi) is 4.30. The molecular weight excluding hydrogens is 332 g/mol. The first-order valence-electron chi connectivity index (χ1n) is 7.77. The van der Waals surface area contributed by atoms with Gasteiger partial charge in [-0.2, -0.15) is 0 Å². The smallest absolute Gasteiger partial charge is 0.343 e. The van der Waals surface area contributed by atoms with Gasteiger partial charge in [-0.25, -0.2) is 13.6 Å². The van der Waals surface area contributed by atoms with Crippen molar-refractivity contribution in [2.24, 2.45) is 11.7 Å². The number of anilines is 1. The number of aromatic carboxylic acids is 1. The van der Waals surface area contributed by atoms with Crippen LogP contribution in [-0.4, -0.2) is 35.3 Å². The second-order valence-corrected chi connectivity index (χ2v) is 6.01. The lowest BCUT2D eigenvalue weighted by Gasteiger charge is -2.25. The van der Waals surface area contributed by atoms with Gasteiger partial charge in [-0.05, 0) is 24.9 Å². The van der Waals surface area contributed by atoms with E-state index in [1.807, 2.05) is 0 Å². The van der Waals surface area contributed by atoms with E-state index in [9.17, 15) is 23.5 Å². The highest BCUT2D eigenvalue weighted by molar-refractivity contribution is 5.99. The third-order valence-corrected chi connectivity index (χ3v) is 4.51. The van der Waals surface area contributed by atoms with Crippen LogP contribution in [0.25, 0.3) is 17.1 Å². The minimum Gasteiger partial charge on any atom is -0.477 e. The summed E-state index contributed by atoms with van der Waals surface area (Å²) in [4.78, 5) is 26.1. The zero-order chi connectivity index (χ0) is 18.3. The first-order valence-corrected chi connectivity index (χ1v) is 7.77. The van der Waals surface area contributed by atoms with Gasteiger partial charge in [0.2, 0.25) is 5.43 Å². The molecule has 6 nitrogen and oxygen atoms in total. The number of nitrogens with two attached hydrogens (primary N) is 1. The Morgan fingerprint density at radius 3 is 2.72 bits per heavy atom. The van der Waals surface area contributed by atoms with E-state index in [0.29, 0.717) is 25.7 Å². The maximum Gasteiger partial charge on any atom is 0.343 e. The fraction of sp³-hybridized carbons (Fsp3) is 0.294. The van der Waals surface area contributed by atoms with Gasteiger partial charge in [0.15, 0.2) is 5.82 Å². The molecule has 3 rings (SSSR count). The summed E-state index contributed by atoms with van der Waals surface area (Å²) < 4.78 is 29.1. The lowest BCUT2D eigenvalue weighted by molar-refractivity contribution is 0.0696. The lowest BCUT2D eigenvalue weighted by Crippen LogP contribution is -2.31. The van der Waals surface area contributed by atoms with Crippen molar-refractivity contribution in [3.63, 3.8) is 0 Å². The van der Waals surface area contributed by atoms with Crippen molar-refractivity contribution < 1.29 is 18.7 Å². The average Bonchev–Trinajstić information content (AvgIpc) is 3.03. The molecule has 0 spiro atoms. The number of rotatable bonds is 4. The second kappa shape index (κ2) is 6.29. The Morgan fingerprint density at radius 1 is 1.44 bits per heavy atom. The Morgan fingerprint density at radius 2 is 2.16 bits per heavy atom. The molecule has 1 aromatic carbocycles. The maximum atomic E-state index is 14.4. The molecule has 0 aliphatic carbocycles. The van der Waals surface area contributed by atoms with Crippen molar-refractivity contribution >= 4 is 28.9 Å². The summed E-state index contributed by atoms with van der Waals surface area (Å²) in [6.07, 6.45) is 1.95. The Labute approximate surface area is 141 Å². The zero-order valence-corrected chi connectivity index (χ0v) is 13.3. The van der Waals surface area contributed by atoms with E-state index in [1.165, 1.54) is 10.8 Å². The van der Waals surface area contributed by atoms with Crippen LogP contribution in [0.1, 0.15) is 16.8 Å². The van der Waals surface area contributed by atoms with Crippen LogP contribution in [0.4, 0.5) is 14.6 Å². The number of carbonyl (C=O) groups is 1. The molecule has 1 saturated heterocycles. The van der Waals surface area contributed by atoms with Crippen LogP contribution in [0.3, 0.4) is 0 Å². The van der Waals surface area contributed by atoms with E-state index >= 15 is 0 Å². The predicted molar refractivity (Wildman–Crippen MR) is 90.8 cm³/mol. The van der Waals surface area contributed by atoms with Gasteiger partial charge in [0.25, 0.3) is 0 Å². The molecule has 1 aromatic heterocycles. The molecule has 25 heavy (non-hydrogen) atoms. The zero-order valence-electron chi connectivity index (χ0n) is 13.3. The quantitative estimate of drug-likeness (QED) is 0.880. The van der Waals surface area contributed by atoms with Crippen molar-refractivity contribution in [1.82, 2.24) is 4.57 Å². The van der Waals surface area contributed by atoms with Crippen LogP contribution in [0.2, 0.25) is 0 Å². The molecule has 0 radical (unpaired) electrons. The number of hydrogen-bond acceptors (Lipinski definition) is 4. The number of aromatic nitrogens is 1. The third-order valence-electron chi connectivity index (χ3n) is 4.51. The highest BCUT2D eigenvalue weighted by Crippen LogP contribution is 2.30. The summed E-state index contributed by atoms with van der Waals surface area (Å²) in [7, 11) is 0. The summed E-state index contributed by atoms with van der Waals surface area (Å²) in [6.45, 7) is 4.94. The number of pyridine rings is 1.